The van der Waals surface area contributed by atoms with Crippen molar-refractivity contribution in [1.29, 1.82) is 0 Å². The van der Waals surface area contributed by atoms with Crippen molar-refractivity contribution in [3.8, 4) is 16.9 Å². The van der Waals surface area contributed by atoms with Crippen molar-refractivity contribution in [2.75, 3.05) is 25.1 Å². The summed E-state index contributed by atoms with van der Waals surface area (Å²) in [6.45, 7) is 3.94. The van der Waals surface area contributed by atoms with E-state index >= 15 is 0 Å². The normalized spacial score (nSPS) is 18.8. The maximum absolute atomic E-state index is 6.10. The third kappa shape index (κ3) is 2.74. The summed E-state index contributed by atoms with van der Waals surface area (Å²) in [4.78, 5) is 2.29. The Morgan fingerprint density at radius 2 is 2.10 bits per heavy atom. The number of nitrogens with zero attached hydrogens (tertiary/aromatic N) is 2. The summed E-state index contributed by atoms with van der Waals surface area (Å²) in [7, 11) is 1.68. The molecule has 1 aromatic heterocycles. The number of methoxy groups -OCH3 is 1. The Bertz CT molecular complexity index is 605. The van der Waals surface area contributed by atoms with Crippen LogP contribution in [0.25, 0.3) is 11.1 Å². The van der Waals surface area contributed by atoms with Gasteiger partial charge < -0.3 is 15.4 Å². The van der Waals surface area contributed by atoms with Gasteiger partial charge in [0.1, 0.15) is 5.75 Å². The molecule has 5 heteroatoms. The fourth-order valence-corrected chi connectivity index (χ4v) is 2.95. The largest absolute Gasteiger partial charge is 0.497 e. The zero-order valence-electron chi connectivity index (χ0n) is 12.6. The molecule has 0 radical (unpaired) electrons. The number of nitrogens with one attached hydrogen (secondary N) is 1. The molecule has 0 aliphatic carbocycles. The lowest BCUT2D eigenvalue weighted by Crippen LogP contribution is -2.43. The van der Waals surface area contributed by atoms with Gasteiger partial charge in [-0.05, 0) is 37.5 Å². The van der Waals surface area contributed by atoms with Crippen molar-refractivity contribution >= 4 is 5.82 Å². The van der Waals surface area contributed by atoms with Gasteiger partial charge in [0.15, 0.2) is 5.82 Å². The van der Waals surface area contributed by atoms with Gasteiger partial charge in [0.05, 0.1) is 7.11 Å². The first-order valence-corrected chi connectivity index (χ1v) is 7.39. The molecule has 1 unspecified atom stereocenters. The third-order valence-electron chi connectivity index (χ3n) is 4.06. The number of aromatic amines is 1. The predicted molar refractivity (Wildman–Crippen MR) is 84.7 cm³/mol. The molecule has 1 saturated heterocycles. The van der Waals surface area contributed by atoms with Crippen LogP contribution in [0, 0.1) is 6.92 Å². The van der Waals surface area contributed by atoms with Gasteiger partial charge in [-0.15, -0.1) is 0 Å². The summed E-state index contributed by atoms with van der Waals surface area (Å²) >= 11 is 0. The van der Waals surface area contributed by atoms with Crippen LogP contribution in [0.1, 0.15) is 18.5 Å². The first kappa shape index (κ1) is 13.9. The maximum Gasteiger partial charge on any atom is 0.158 e. The van der Waals surface area contributed by atoms with Crippen LogP contribution in [0.4, 0.5) is 5.82 Å². The molecule has 0 bridgehead atoms. The summed E-state index contributed by atoms with van der Waals surface area (Å²) in [5, 5.41) is 7.62. The molecule has 1 aliphatic rings. The smallest absolute Gasteiger partial charge is 0.158 e. The zero-order valence-corrected chi connectivity index (χ0v) is 12.6. The van der Waals surface area contributed by atoms with Crippen LogP contribution < -0.4 is 15.4 Å². The summed E-state index contributed by atoms with van der Waals surface area (Å²) in [6.07, 6.45) is 2.22. The van der Waals surface area contributed by atoms with E-state index in [2.05, 4.69) is 34.2 Å². The minimum absolute atomic E-state index is 0.236. The molecule has 1 aliphatic heterocycles. The summed E-state index contributed by atoms with van der Waals surface area (Å²) in [5.74, 6) is 1.87. The molecule has 21 heavy (non-hydrogen) atoms. The molecule has 3 rings (SSSR count). The number of hydrogen-bond acceptors (Lipinski definition) is 4. The van der Waals surface area contributed by atoms with Crippen LogP contribution in [0.15, 0.2) is 24.3 Å². The highest BCUT2D eigenvalue weighted by Gasteiger charge is 2.23. The highest BCUT2D eigenvalue weighted by Crippen LogP contribution is 2.34. The third-order valence-corrected chi connectivity index (χ3v) is 4.06. The van der Waals surface area contributed by atoms with E-state index in [1.54, 1.807) is 7.11 Å². The molecule has 3 N–H and O–H groups in total. The summed E-state index contributed by atoms with van der Waals surface area (Å²) in [6, 6.07) is 8.34. The summed E-state index contributed by atoms with van der Waals surface area (Å²) < 4.78 is 5.23. The highest BCUT2D eigenvalue weighted by molar-refractivity contribution is 5.78. The predicted octanol–water partition coefficient (Wildman–Crippen LogP) is 2.32. The number of nitrogens with two attached hydrogens (primary N) is 1. The molecule has 1 aromatic carbocycles. The van der Waals surface area contributed by atoms with Gasteiger partial charge in [-0.2, -0.15) is 5.10 Å². The van der Waals surface area contributed by atoms with Gasteiger partial charge in [0.2, 0.25) is 0 Å². The van der Waals surface area contributed by atoms with E-state index in [1.807, 2.05) is 12.1 Å². The van der Waals surface area contributed by atoms with Crippen molar-refractivity contribution in [2.24, 2.45) is 5.73 Å². The van der Waals surface area contributed by atoms with Crippen LogP contribution in [0.5, 0.6) is 5.75 Å². The lowest BCUT2D eigenvalue weighted by molar-refractivity contribution is 0.415. The van der Waals surface area contributed by atoms with E-state index in [0.29, 0.717) is 0 Å². The fourth-order valence-electron chi connectivity index (χ4n) is 2.95. The molecule has 5 nitrogen and oxygen atoms in total. The Morgan fingerprint density at radius 3 is 2.76 bits per heavy atom. The number of benzene rings is 1. The van der Waals surface area contributed by atoms with Crippen molar-refractivity contribution < 1.29 is 4.74 Å². The molecule has 1 fully saturated rings. The van der Waals surface area contributed by atoms with Crippen molar-refractivity contribution in [1.82, 2.24) is 10.2 Å². The minimum Gasteiger partial charge on any atom is -0.497 e. The van der Waals surface area contributed by atoms with Gasteiger partial charge in [-0.1, -0.05) is 12.1 Å². The van der Waals surface area contributed by atoms with Gasteiger partial charge in [-0.25, -0.2) is 0 Å². The van der Waals surface area contributed by atoms with Crippen molar-refractivity contribution in [2.45, 2.75) is 25.8 Å². The number of rotatable bonds is 3. The Kier molecular flexibility index (Phi) is 3.84. The Labute approximate surface area is 125 Å². The number of hydrogen-bond donors (Lipinski definition) is 2. The second kappa shape index (κ2) is 5.77. The van der Waals surface area contributed by atoms with E-state index < -0.39 is 0 Å². The SMILES string of the molecule is COc1ccc(-c2c(N3CCCC(N)C3)n[nH]c2C)cc1. The topological polar surface area (TPSA) is 67.2 Å². The van der Waals surface area contributed by atoms with E-state index in [-0.39, 0.29) is 6.04 Å². The average molecular weight is 286 g/mol. The quantitative estimate of drug-likeness (QED) is 0.908. The molecule has 0 saturated carbocycles. The van der Waals surface area contributed by atoms with Gasteiger partial charge in [-0.3, -0.25) is 5.10 Å². The maximum atomic E-state index is 6.10. The van der Waals surface area contributed by atoms with E-state index in [4.69, 9.17) is 10.5 Å². The number of aromatic nitrogens is 2. The number of aryl methyl sites for hydroxylation is 1. The Balaban J connectivity index is 1.96. The average Bonchev–Trinajstić information content (AvgIpc) is 2.89. The molecule has 0 amide bonds. The van der Waals surface area contributed by atoms with Crippen LogP contribution in [-0.2, 0) is 0 Å². The second-order valence-corrected chi connectivity index (χ2v) is 5.62. The van der Waals surface area contributed by atoms with Gasteiger partial charge in [0.25, 0.3) is 0 Å². The lowest BCUT2D eigenvalue weighted by atomic mass is 10.0. The fraction of sp³-hybridized carbons (Fsp3) is 0.438. The van der Waals surface area contributed by atoms with E-state index in [0.717, 1.165) is 54.3 Å². The molecule has 1 atom stereocenters. The van der Waals surface area contributed by atoms with Crippen LogP contribution in [0.2, 0.25) is 0 Å². The molecule has 2 aromatic rings. The van der Waals surface area contributed by atoms with Gasteiger partial charge >= 0.3 is 0 Å². The summed E-state index contributed by atoms with van der Waals surface area (Å²) in [5.41, 5.74) is 9.49. The Hall–Kier alpha value is -2.01. The monoisotopic (exact) mass is 286 g/mol. The van der Waals surface area contributed by atoms with Crippen molar-refractivity contribution in [3.63, 3.8) is 0 Å². The van der Waals surface area contributed by atoms with Crippen LogP contribution >= 0.6 is 0 Å². The number of ether oxygens (including phenoxy) is 1. The highest BCUT2D eigenvalue weighted by atomic mass is 16.5. The van der Waals surface area contributed by atoms with Crippen LogP contribution in [-0.4, -0.2) is 36.4 Å². The standard InChI is InChI=1S/C16H22N4O/c1-11-15(12-5-7-14(21-2)8-6-12)16(19-18-11)20-9-3-4-13(17)10-20/h5-8,13H,3-4,9-10,17H2,1-2H3,(H,18,19). The Morgan fingerprint density at radius 1 is 1.33 bits per heavy atom. The first-order chi connectivity index (χ1) is 10.2. The molecule has 0 spiro atoms. The number of piperidine rings is 1. The molecule has 112 valence electrons. The lowest BCUT2D eigenvalue weighted by Gasteiger charge is -2.31. The molecule has 2 heterocycles. The number of H-pyrrole nitrogens is 1. The minimum atomic E-state index is 0.236. The van der Waals surface area contributed by atoms with E-state index in [9.17, 15) is 0 Å². The van der Waals surface area contributed by atoms with E-state index in [1.165, 1.54) is 0 Å². The first-order valence-electron chi connectivity index (χ1n) is 7.39. The van der Waals surface area contributed by atoms with Crippen LogP contribution in [0.3, 0.4) is 0 Å². The number of anilines is 1. The zero-order chi connectivity index (χ0) is 14.8. The second-order valence-electron chi connectivity index (χ2n) is 5.62. The molecular weight excluding hydrogens is 264 g/mol. The molecular formula is C16H22N4O. The van der Waals surface area contributed by atoms with Crippen molar-refractivity contribution in [3.05, 3.63) is 30.0 Å². The van der Waals surface area contributed by atoms with Gasteiger partial charge in [0, 0.05) is 30.4 Å².